The molecule has 2 aromatic rings. The van der Waals surface area contributed by atoms with E-state index in [9.17, 15) is 24.1 Å². The van der Waals surface area contributed by atoms with Gasteiger partial charge in [0.25, 0.3) is 17.5 Å². The van der Waals surface area contributed by atoms with Crippen LogP contribution in [0.15, 0.2) is 54.2 Å². The van der Waals surface area contributed by atoms with Gasteiger partial charge in [0.15, 0.2) is 0 Å². The molecule has 2 heterocycles. The van der Waals surface area contributed by atoms with Crippen LogP contribution in [0, 0.1) is 27.8 Å². The number of hydrogen-bond acceptors (Lipinski definition) is 5. The predicted molar refractivity (Wildman–Crippen MR) is 113 cm³/mol. The number of nitro benzene ring substituents is 1. The average molecular weight is 423 g/mol. The van der Waals surface area contributed by atoms with Crippen LogP contribution in [0.4, 0.5) is 15.8 Å². The first kappa shape index (κ1) is 20.7. The highest BCUT2D eigenvalue weighted by molar-refractivity contribution is 6.45. The predicted octanol–water partition coefficient (Wildman–Crippen LogP) is 4.00. The molecule has 0 aliphatic carbocycles. The van der Waals surface area contributed by atoms with Crippen LogP contribution >= 0.6 is 0 Å². The van der Waals surface area contributed by atoms with Gasteiger partial charge in [0.1, 0.15) is 11.5 Å². The van der Waals surface area contributed by atoms with Gasteiger partial charge in [-0.3, -0.25) is 19.7 Å². The summed E-state index contributed by atoms with van der Waals surface area (Å²) in [6, 6.07) is 10.8. The number of likely N-dealkylation sites (tertiary alicyclic amines) is 1. The fourth-order valence-electron chi connectivity index (χ4n) is 4.49. The van der Waals surface area contributed by atoms with Crippen molar-refractivity contribution in [3.63, 3.8) is 0 Å². The first-order chi connectivity index (χ1) is 14.8. The Morgan fingerprint density at radius 3 is 2.06 bits per heavy atom. The number of hydrogen-bond donors (Lipinski definition) is 0. The normalized spacial score (nSPS) is 21.8. The van der Waals surface area contributed by atoms with E-state index in [0.29, 0.717) is 36.2 Å². The van der Waals surface area contributed by atoms with Crippen molar-refractivity contribution in [1.82, 2.24) is 4.90 Å². The monoisotopic (exact) mass is 423 g/mol. The smallest absolute Gasteiger partial charge is 0.282 e. The van der Waals surface area contributed by atoms with Crippen LogP contribution in [0.1, 0.15) is 25.8 Å². The molecule has 2 unspecified atom stereocenters. The molecule has 2 amide bonds. The topological polar surface area (TPSA) is 83.8 Å². The number of halogens is 1. The second-order valence-electron chi connectivity index (χ2n) is 8.30. The molecular weight excluding hydrogens is 401 g/mol. The number of rotatable bonds is 4. The molecule has 1 fully saturated rings. The summed E-state index contributed by atoms with van der Waals surface area (Å²) in [4.78, 5) is 40.4. The average Bonchev–Trinajstić information content (AvgIpc) is 2.98. The van der Waals surface area contributed by atoms with Crippen molar-refractivity contribution >= 4 is 28.8 Å². The summed E-state index contributed by atoms with van der Waals surface area (Å²) in [7, 11) is 0. The number of nitrogens with zero attached hydrogens (tertiary/aromatic N) is 3. The number of carbonyl (C=O) groups is 2. The zero-order valence-corrected chi connectivity index (χ0v) is 17.2. The van der Waals surface area contributed by atoms with Crippen LogP contribution in [0.3, 0.4) is 0 Å². The molecule has 7 nitrogen and oxygen atoms in total. The van der Waals surface area contributed by atoms with Gasteiger partial charge in [-0.25, -0.2) is 9.29 Å². The number of benzene rings is 2. The maximum atomic E-state index is 13.5. The van der Waals surface area contributed by atoms with E-state index in [2.05, 4.69) is 13.8 Å². The van der Waals surface area contributed by atoms with Crippen molar-refractivity contribution < 1.29 is 18.9 Å². The lowest BCUT2D eigenvalue weighted by Crippen LogP contribution is -2.42. The van der Waals surface area contributed by atoms with E-state index in [-0.39, 0.29) is 16.9 Å². The highest BCUT2D eigenvalue weighted by Crippen LogP contribution is 2.37. The molecule has 2 aromatic carbocycles. The van der Waals surface area contributed by atoms with Crippen LogP contribution in [-0.2, 0) is 9.59 Å². The van der Waals surface area contributed by atoms with E-state index in [1.807, 2.05) is 4.90 Å². The summed E-state index contributed by atoms with van der Waals surface area (Å²) in [6.07, 6.45) is 1.03. The number of piperidine rings is 1. The maximum Gasteiger partial charge on any atom is 0.282 e. The lowest BCUT2D eigenvalue weighted by Gasteiger charge is -2.37. The highest BCUT2D eigenvalue weighted by Gasteiger charge is 2.43. The van der Waals surface area contributed by atoms with Gasteiger partial charge in [-0.1, -0.05) is 13.8 Å². The minimum absolute atomic E-state index is 0.0988. The van der Waals surface area contributed by atoms with E-state index in [1.165, 1.54) is 48.5 Å². The molecule has 1 saturated heterocycles. The fraction of sp³-hybridized carbons (Fsp3) is 0.304. The fourth-order valence-corrected chi connectivity index (χ4v) is 4.49. The molecule has 0 N–H and O–H groups in total. The van der Waals surface area contributed by atoms with Crippen molar-refractivity contribution in [2.45, 2.75) is 20.3 Å². The largest absolute Gasteiger partial charge is 0.366 e. The van der Waals surface area contributed by atoms with Crippen molar-refractivity contribution in [3.8, 4) is 0 Å². The lowest BCUT2D eigenvalue weighted by molar-refractivity contribution is -0.384. The summed E-state index contributed by atoms with van der Waals surface area (Å²) < 4.78 is 13.4. The Hall–Kier alpha value is -3.55. The molecule has 0 bridgehead atoms. The minimum Gasteiger partial charge on any atom is -0.366 e. The maximum absolute atomic E-state index is 13.5. The molecule has 4 rings (SSSR count). The van der Waals surface area contributed by atoms with Gasteiger partial charge in [0.2, 0.25) is 0 Å². The van der Waals surface area contributed by atoms with E-state index < -0.39 is 22.6 Å². The molecule has 2 aliphatic heterocycles. The van der Waals surface area contributed by atoms with Crippen molar-refractivity contribution in [1.29, 1.82) is 0 Å². The van der Waals surface area contributed by atoms with E-state index in [1.54, 1.807) is 0 Å². The summed E-state index contributed by atoms with van der Waals surface area (Å²) in [6.45, 7) is 5.47. The van der Waals surface area contributed by atoms with Crippen LogP contribution in [0.2, 0.25) is 0 Å². The van der Waals surface area contributed by atoms with E-state index in [0.717, 1.165) is 11.3 Å². The first-order valence-electron chi connectivity index (χ1n) is 10.1. The number of imide groups is 1. The highest BCUT2D eigenvalue weighted by atomic mass is 19.1. The Labute approximate surface area is 178 Å². The Balaban J connectivity index is 1.82. The number of nitro groups is 1. The Morgan fingerprint density at radius 1 is 0.935 bits per heavy atom. The molecule has 8 heteroatoms. The third kappa shape index (κ3) is 3.81. The van der Waals surface area contributed by atoms with Crippen molar-refractivity contribution in [2.75, 3.05) is 18.0 Å². The summed E-state index contributed by atoms with van der Waals surface area (Å²) in [5.74, 6) is -0.767. The lowest BCUT2D eigenvalue weighted by atomic mass is 9.91. The summed E-state index contributed by atoms with van der Waals surface area (Å²) in [5.41, 5.74) is 1.13. The van der Waals surface area contributed by atoms with Gasteiger partial charge < -0.3 is 4.90 Å². The second kappa shape index (κ2) is 7.94. The number of non-ortho nitro benzene ring substituents is 1. The SMILES string of the molecule is CC1CC(C)CN(C2=C(c3ccc([N+](=O)[O-])cc3)C(=O)N(c3ccc(F)cc3)C2=O)C1. The van der Waals surface area contributed by atoms with Crippen LogP contribution < -0.4 is 4.90 Å². The Bertz CT molecular complexity index is 1070. The molecule has 2 aliphatic rings. The molecule has 2 atom stereocenters. The zero-order chi connectivity index (χ0) is 22.3. The number of carbonyl (C=O) groups excluding carboxylic acids is 2. The van der Waals surface area contributed by atoms with Crippen LogP contribution in [0.25, 0.3) is 5.57 Å². The van der Waals surface area contributed by atoms with E-state index >= 15 is 0 Å². The molecule has 160 valence electrons. The van der Waals surface area contributed by atoms with Crippen LogP contribution in [0.5, 0.6) is 0 Å². The third-order valence-corrected chi connectivity index (χ3v) is 5.70. The second-order valence-corrected chi connectivity index (χ2v) is 8.30. The molecular formula is C23H22FN3O4. The standard InChI is InChI=1S/C23H22FN3O4/c1-14-11-15(2)13-25(12-14)21-20(16-3-7-19(8-4-16)27(30)31)22(28)26(23(21)29)18-9-5-17(24)6-10-18/h3-10,14-15H,11-13H2,1-2H3. The van der Waals surface area contributed by atoms with Gasteiger partial charge in [-0.15, -0.1) is 0 Å². The molecule has 0 radical (unpaired) electrons. The van der Waals surface area contributed by atoms with Gasteiger partial charge in [0.05, 0.1) is 16.2 Å². The van der Waals surface area contributed by atoms with Crippen molar-refractivity contribution in [2.24, 2.45) is 11.8 Å². The summed E-state index contributed by atoms with van der Waals surface area (Å²) >= 11 is 0. The van der Waals surface area contributed by atoms with E-state index in [4.69, 9.17) is 0 Å². The summed E-state index contributed by atoms with van der Waals surface area (Å²) in [5, 5.41) is 11.0. The van der Waals surface area contributed by atoms with Gasteiger partial charge in [0, 0.05) is 25.2 Å². The number of anilines is 1. The quantitative estimate of drug-likeness (QED) is 0.422. The van der Waals surface area contributed by atoms with Gasteiger partial charge in [-0.05, 0) is 60.2 Å². The molecule has 0 aromatic heterocycles. The first-order valence-corrected chi connectivity index (χ1v) is 10.1. The number of amides is 2. The van der Waals surface area contributed by atoms with Gasteiger partial charge in [-0.2, -0.15) is 0 Å². The Kier molecular flexibility index (Phi) is 5.31. The third-order valence-electron chi connectivity index (χ3n) is 5.70. The van der Waals surface area contributed by atoms with Crippen molar-refractivity contribution in [3.05, 3.63) is 75.7 Å². The Morgan fingerprint density at radius 2 is 1.52 bits per heavy atom. The zero-order valence-electron chi connectivity index (χ0n) is 17.2. The van der Waals surface area contributed by atoms with Crippen LogP contribution in [-0.4, -0.2) is 34.7 Å². The van der Waals surface area contributed by atoms with Gasteiger partial charge >= 0.3 is 0 Å². The minimum atomic E-state index is -0.522. The molecule has 0 saturated carbocycles. The molecule has 31 heavy (non-hydrogen) atoms. The molecule has 0 spiro atoms.